The zero-order chi connectivity index (χ0) is 26.3. The molecule has 0 aliphatic carbocycles. The highest BCUT2D eigenvalue weighted by atomic mass is 16.6. The lowest BCUT2D eigenvalue weighted by Gasteiger charge is -2.37. The molecule has 1 N–H and O–H groups in total. The average Bonchev–Trinajstić information content (AvgIpc) is 3.21. The van der Waals surface area contributed by atoms with Crippen LogP contribution in [0.3, 0.4) is 0 Å². The first-order valence-electron chi connectivity index (χ1n) is 12.3. The molecule has 4 heterocycles. The number of imidazole rings is 1. The second-order valence-electron chi connectivity index (χ2n) is 10.4. The molecule has 2 amide bonds. The van der Waals surface area contributed by atoms with Crippen LogP contribution in [0.1, 0.15) is 42.4 Å². The Balaban J connectivity index is 1.37. The van der Waals surface area contributed by atoms with E-state index in [-0.39, 0.29) is 12.0 Å². The number of carbonyl (C=O) groups is 2. The number of carbonyl (C=O) groups excluding carboxylic acids is 2. The number of hydrogen-bond acceptors (Lipinski definition) is 7. The standard InChI is InChI=1S/C27H31N7O3/c1-17-14-23-29-18(2)15-34(23)16-21(17)30-25(35)20-6-7-22(19-8-9-28-31-24(19)20)32-10-12-33(13-11-32)26(36)37-27(3,4)5/h6-9,14-16H,10-13H2,1-5H3,(H,30,35). The summed E-state index contributed by atoms with van der Waals surface area (Å²) in [6.07, 6.45) is 5.12. The van der Waals surface area contributed by atoms with Crippen molar-refractivity contribution in [1.29, 1.82) is 0 Å². The minimum absolute atomic E-state index is 0.258. The van der Waals surface area contributed by atoms with E-state index < -0.39 is 5.60 Å². The molecule has 0 radical (unpaired) electrons. The van der Waals surface area contributed by atoms with Gasteiger partial charge in [-0.2, -0.15) is 5.10 Å². The highest BCUT2D eigenvalue weighted by Crippen LogP contribution is 2.30. The number of amides is 2. The molecule has 1 fully saturated rings. The van der Waals surface area contributed by atoms with Gasteiger partial charge in [-0.1, -0.05) is 0 Å². The Labute approximate surface area is 215 Å². The maximum atomic E-state index is 13.4. The van der Waals surface area contributed by atoms with Crippen LogP contribution in [0.5, 0.6) is 0 Å². The Morgan fingerprint density at radius 3 is 2.51 bits per heavy atom. The summed E-state index contributed by atoms with van der Waals surface area (Å²) in [7, 11) is 0. The topological polar surface area (TPSA) is 105 Å². The van der Waals surface area contributed by atoms with E-state index >= 15 is 0 Å². The van der Waals surface area contributed by atoms with E-state index in [1.807, 2.05) is 69.6 Å². The second-order valence-corrected chi connectivity index (χ2v) is 10.4. The van der Waals surface area contributed by atoms with Crippen molar-refractivity contribution >= 4 is 39.9 Å². The van der Waals surface area contributed by atoms with Crippen LogP contribution in [0.4, 0.5) is 16.2 Å². The number of fused-ring (bicyclic) bond motifs is 2. The molecule has 192 valence electrons. The van der Waals surface area contributed by atoms with Crippen molar-refractivity contribution in [2.75, 3.05) is 36.4 Å². The maximum Gasteiger partial charge on any atom is 0.410 e. The number of aryl methyl sites for hydroxylation is 2. The second kappa shape index (κ2) is 9.34. The van der Waals surface area contributed by atoms with Crippen molar-refractivity contribution in [2.24, 2.45) is 0 Å². The monoisotopic (exact) mass is 501 g/mol. The largest absolute Gasteiger partial charge is 0.444 e. The van der Waals surface area contributed by atoms with Crippen molar-refractivity contribution < 1.29 is 14.3 Å². The summed E-state index contributed by atoms with van der Waals surface area (Å²) >= 11 is 0. The number of pyridine rings is 1. The fourth-order valence-corrected chi connectivity index (χ4v) is 4.56. The van der Waals surface area contributed by atoms with Crippen LogP contribution < -0.4 is 10.2 Å². The van der Waals surface area contributed by atoms with Gasteiger partial charge in [-0.05, 0) is 64.4 Å². The molecule has 0 spiro atoms. The van der Waals surface area contributed by atoms with Crippen LogP contribution in [0.2, 0.25) is 0 Å². The fraction of sp³-hybridized carbons (Fsp3) is 0.370. The van der Waals surface area contributed by atoms with Gasteiger partial charge in [0.05, 0.1) is 23.1 Å². The summed E-state index contributed by atoms with van der Waals surface area (Å²) in [4.78, 5) is 34.2. The number of anilines is 2. The first-order chi connectivity index (χ1) is 17.6. The van der Waals surface area contributed by atoms with Crippen molar-refractivity contribution in [2.45, 2.75) is 40.2 Å². The summed E-state index contributed by atoms with van der Waals surface area (Å²) in [5.74, 6) is -0.258. The van der Waals surface area contributed by atoms with Crippen LogP contribution >= 0.6 is 0 Å². The minimum atomic E-state index is -0.526. The predicted octanol–water partition coefficient (Wildman–Crippen LogP) is 4.20. The minimum Gasteiger partial charge on any atom is -0.444 e. The summed E-state index contributed by atoms with van der Waals surface area (Å²) < 4.78 is 7.41. The van der Waals surface area contributed by atoms with E-state index in [0.717, 1.165) is 28.0 Å². The Hall–Kier alpha value is -4.21. The third-order valence-corrected chi connectivity index (χ3v) is 6.34. The molecule has 10 nitrogen and oxygen atoms in total. The normalized spacial score (nSPS) is 14.3. The van der Waals surface area contributed by atoms with Crippen molar-refractivity contribution in [1.82, 2.24) is 24.5 Å². The SMILES string of the molecule is Cc1cn2cc(NC(=O)c3ccc(N4CCN(C(=O)OC(C)(C)C)CC4)c4ccnnc34)c(C)cc2n1. The molecule has 0 atom stereocenters. The van der Waals surface area contributed by atoms with E-state index in [2.05, 4.69) is 25.4 Å². The summed E-state index contributed by atoms with van der Waals surface area (Å²) in [5, 5.41) is 12.2. The number of nitrogens with zero attached hydrogens (tertiary/aromatic N) is 6. The van der Waals surface area contributed by atoms with Crippen molar-refractivity contribution in [3.63, 3.8) is 0 Å². The van der Waals surface area contributed by atoms with Gasteiger partial charge in [0.25, 0.3) is 5.91 Å². The molecule has 4 aromatic rings. The first-order valence-corrected chi connectivity index (χ1v) is 12.3. The van der Waals surface area contributed by atoms with Gasteiger partial charge in [0.15, 0.2) is 0 Å². The Morgan fingerprint density at radius 1 is 1.03 bits per heavy atom. The van der Waals surface area contributed by atoms with Crippen LogP contribution in [-0.2, 0) is 4.74 Å². The Bertz CT molecular complexity index is 1500. The Morgan fingerprint density at radius 2 is 1.78 bits per heavy atom. The molecule has 3 aromatic heterocycles. The van der Waals surface area contributed by atoms with E-state index in [1.165, 1.54) is 0 Å². The molecular formula is C27H31N7O3. The quantitative estimate of drug-likeness (QED) is 0.448. The smallest absolute Gasteiger partial charge is 0.410 e. The van der Waals surface area contributed by atoms with Gasteiger partial charge < -0.3 is 24.3 Å². The summed E-state index contributed by atoms with van der Waals surface area (Å²) in [6.45, 7) is 11.9. The predicted molar refractivity (Wildman–Crippen MR) is 142 cm³/mol. The molecular weight excluding hydrogens is 470 g/mol. The van der Waals surface area contributed by atoms with Gasteiger partial charge in [0.1, 0.15) is 16.8 Å². The van der Waals surface area contributed by atoms with Gasteiger partial charge in [0, 0.05) is 49.6 Å². The van der Waals surface area contributed by atoms with Gasteiger partial charge in [0.2, 0.25) is 0 Å². The van der Waals surface area contributed by atoms with E-state index in [1.54, 1.807) is 17.2 Å². The molecule has 1 aliphatic rings. The number of aromatic nitrogens is 4. The molecule has 1 aliphatic heterocycles. The third-order valence-electron chi connectivity index (χ3n) is 6.34. The third kappa shape index (κ3) is 5.04. The highest BCUT2D eigenvalue weighted by molar-refractivity contribution is 6.14. The van der Waals surface area contributed by atoms with E-state index in [0.29, 0.717) is 42.9 Å². The zero-order valence-electron chi connectivity index (χ0n) is 21.8. The molecule has 5 rings (SSSR count). The van der Waals surface area contributed by atoms with E-state index in [9.17, 15) is 9.59 Å². The van der Waals surface area contributed by atoms with E-state index in [4.69, 9.17) is 4.74 Å². The highest BCUT2D eigenvalue weighted by Gasteiger charge is 2.27. The molecule has 0 bridgehead atoms. The molecule has 37 heavy (non-hydrogen) atoms. The van der Waals surface area contributed by atoms with Crippen LogP contribution in [0, 0.1) is 13.8 Å². The van der Waals surface area contributed by atoms with Gasteiger partial charge >= 0.3 is 6.09 Å². The molecule has 0 saturated carbocycles. The number of rotatable bonds is 3. The molecule has 1 aromatic carbocycles. The summed E-state index contributed by atoms with van der Waals surface area (Å²) in [6, 6.07) is 7.55. The van der Waals surface area contributed by atoms with Crippen LogP contribution in [-0.4, -0.2) is 68.3 Å². The fourth-order valence-electron chi connectivity index (χ4n) is 4.56. The van der Waals surface area contributed by atoms with Gasteiger partial charge in [-0.25, -0.2) is 9.78 Å². The number of hydrogen-bond donors (Lipinski definition) is 1. The maximum absolute atomic E-state index is 13.4. The number of nitrogens with one attached hydrogen (secondary N) is 1. The van der Waals surface area contributed by atoms with Crippen molar-refractivity contribution in [3.8, 4) is 0 Å². The van der Waals surface area contributed by atoms with Gasteiger partial charge in [-0.3, -0.25) is 4.79 Å². The van der Waals surface area contributed by atoms with Crippen molar-refractivity contribution in [3.05, 3.63) is 59.7 Å². The summed E-state index contributed by atoms with van der Waals surface area (Å²) in [5.41, 5.74) is 4.77. The average molecular weight is 502 g/mol. The molecule has 0 unspecified atom stereocenters. The lowest BCUT2D eigenvalue weighted by atomic mass is 10.1. The van der Waals surface area contributed by atoms with Gasteiger partial charge in [-0.15, -0.1) is 5.10 Å². The van der Waals surface area contributed by atoms with Crippen LogP contribution in [0.15, 0.2) is 42.9 Å². The molecule has 1 saturated heterocycles. The Kier molecular flexibility index (Phi) is 6.18. The first kappa shape index (κ1) is 24.5. The lowest BCUT2D eigenvalue weighted by molar-refractivity contribution is 0.0240. The number of benzene rings is 1. The van der Waals surface area contributed by atoms with Crippen LogP contribution in [0.25, 0.3) is 16.6 Å². The number of piperazine rings is 1. The lowest BCUT2D eigenvalue weighted by Crippen LogP contribution is -2.50. The molecule has 10 heteroatoms. The number of ether oxygens (including phenoxy) is 1. The zero-order valence-corrected chi connectivity index (χ0v) is 21.8.